The number of aliphatic hydroxyl groups is 1. The maximum atomic E-state index is 11.9. The fraction of sp³-hybridized carbons (Fsp3) is 0.632. The Labute approximate surface area is 144 Å². The van der Waals surface area contributed by atoms with Crippen LogP contribution in [0.5, 0.6) is 0 Å². The molecule has 0 aromatic heterocycles. The molecule has 0 saturated carbocycles. The zero-order valence-corrected chi connectivity index (χ0v) is 14.9. The van der Waals surface area contributed by atoms with Gasteiger partial charge in [0.1, 0.15) is 0 Å². The van der Waals surface area contributed by atoms with Gasteiger partial charge in [0.25, 0.3) is 0 Å². The van der Waals surface area contributed by atoms with Crippen LogP contribution < -0.4 is 0 Å². The van der Waals surface area contributed by atoms with Gasteiger partial charge in [-0.3, -0.25) is 4.79 Å². The zero-order chi connectivity index (χ0) is 17.6. The predicted molar refractivity (Wildman–Crippen MR) is 92.6 cm³/mol. The molecule has 2 unspecified atom stereocenters. The van der Waals surface area contributed by atoms with E-state index in [1.165, 1.54) is 0 Å². The van der Waals surface area contributed by atoms with Crippen molar-refractivity contribution >= 4 is 5.97 Å². The highest BCUT2D eigenvalue weighted by atomic mass is 16.5. The number of methoxy groups -OCH3 is 1. The normalized spacial score (nSPS) is 20.3. The molecule has 2 atom stereocenters. The molecule has 0 amide bonds. The van der Waals surface area contributed by atoms with Crippen LogP contribution in [0.4, 0.5) is 0 Å². The van der Waals surface area contributed by atoms with Gasteiger partial charge in [-0.1, -0.05) is 30.3 Å². The van der Waals surface area contributed by atoms with Crippen molar-refractivity contribution in [2.45, 2.75) is 38.4 Å². The van der Waals surface area contributed by atoms with Gasteiger partial charge in [0, 0.05) is 26.7 Å². The largest absolute Gasteiger partial charge is 0.466 e. The van der Waals surface area contributed by atoms with Gasteiger partial charge in [0.15, 0.2) is 0 Å². The Balaban J connectivity index is 1.91. The van der Waals surface area contributed by atoms with E-state index in [9.17, 15) is 9.90 Å². The average molecular weight is 335 g/mol. The third-order valence-electron chi connectivity index (χ3n) is 5.05. The lowest BCUT2D eigenvalue weighted by Crippen LogP contribution is -2.51. The van der Waals surface area contributed by atoms with E-state index in [0.717, 1.165) is 25.2 Å². The molecule has 5 heteroatoms. The molecule has 1 aromatic carbocycles. The van der Waals surface area contributed by atoms with Crippen LogP contribution in [0.1, 0.15) is 38.4 Å². The lowest BCUT2D eigenvalue weighted by atomic mass is 9.80. The van der Waals surface area contributed by atoms with Gasteiger partial charge in [0.2, 0.25) is 0 Å². The Morgan fingerprint density at radius 2 is 1.92 bits per heavy atom. The first-order valence-electron chi connectivity index (χ1n) is 8.69. The Kier molecular flexibility index (Phi) is 6.78. The molecule has 1 aliphatic rings. The quantitative estimate of drug-likeness (QED) is 0.776. The molecule has 0 spiro atoms. The SMILES string of the molecule is CCOC(=O)C(C)C1(O)CCN(CC(OC)c2ccccc2)CC1. The van der Waals surface area contributed by atoms with Crippen LogP contribution in [0.15, 0.2) is 30.3 Å². The smallest absolute Gasteiger partial charge is 0.311 e. The van der Waals surface area contributed by atoms with E-state index in [1.54, 1.807) is 21.0 Å². The van der Waals surface area contributed by atoms with Crippen LogP contribution in [-0.4, -0.2) is 54.9 Å². The summed E-state index contributed by atoms with van der Waals surface area (Å²) in [5.41, 5.74) is 0.179. The molecular weight excluding hydrogens is 306 g/mol. The number of likely N-dealkylation sites (tertiary alicyclic amines) is 1. The number of piperidine rings is 1. The van der Waals surface area contributed by atoms with Crippen LogP contribution >= 0.6 is 0 Å². The summed E-state index contributed by atoms with van der Waals surface area (Å²) in [7, 11) is 1.72. The van der Waals surface area contributed by atoms with Crippen molar-refractivity contribution in [1.82, 2.24) is 4.90 Å². The summed E-state index contributed by atoms with van der Waals surface area (Å²) in [6.45, 7) is 6.16. The second kappa shape index (κ2) is 8.60. The second-order valence-electron chi connectivity index (χ2n) is 6.51. The third-order valence-corrected chi connectivity index (χ3v) is 5.05. The molecule has 1 fully saturated rings. The fourth-order valence-electron chi connectivity index (χ4n) is 3.26. The summed E-state index contributed by atoms with van der Waals surface area (Å²) >= 11 is 0. The summed E-state index contributed by atoms with van der Waals surface area (Å²) in [4.78, 5) is 14.2. The number of carbonyl (C=O) groups is 1. The highest BCUT2D eigenvalue weighted by Crippen LogP contribution is 2.31. The minimum Gasteiger partial charge on any atom is -0.466 e. The van der Waals surface area contributed by atoms with Crippen LogP contribution in [0.25, 0.3) is 0 Å². The average Bonchev–Trinajstić information content (AvgIpc) is 2.61. The summed E-state index contributed by atoms with van der Waals surface area (Å²) in [6.07, 6.45) is 1.15. The monoisotopic (exact) mass is 335 g/mol. The number of ether oxygens (including phenoxy) is 2. The first-order chi connectivity index (χ1) is 11.5. The molecule has 0 radical (unpaired) electrons. The van der Waals surface area contributed by atoms with Gasteiger partial charge >= 0.3 is 5.97 Å². The summed E-state index contributed by atoms with van der Waals surface area (Å²) in [5, 5.41) is 10.8. The van der Waals surface area contributed by atoms with E-state index >= 15 is 0 Å². The van der Waals surface area contributed by atoms with Crippen molar-refractivity contribution in [2.75, 3.05) is 33.4 Å². The number of hydrogen-bond acceptors (Lipinski definition) is 5. The number of rotatable bonds is 7. The molecule has 5 nitrogen and oxygen atoms in total. The summed E-state index contributed by atoms with van der Waals surface area (Å²) in [5.74, 6) is -0.806. The fourth-order valence-corrected chi connectivity index (χ4v) is 3.26. The lowest BCUT2D eigenvalue weighted by molar-refractivity contribution is -0.161. The van der Waals surface area contributed by atoms with E-state index in [0.29, 0.717) is 19.4 Å². The van der Waals surface area contributed by atoms with Crippen molar-refractivity contribution < 1.29 is 19.4 Å². The number of hydrogen-bond donors (Lipinski definition) is 1. The van der Waals surface area contributed by atoms with Crippen molar-refractivity contribution in [3.63, 3.8) is 0 Å². The number of benzene rings is 1. The van der Waals surface area contributed by atoms with Crippen LogP contribution in [-0.2, 0) is 14.3 Å². The second-order valence-corrected chi connectivity index (χ2v) is 6.51. The summed E-state index contributed by atoms with van der Waals surface area (Å²) < 4.78 is 10.7. The molecule has 1 N–H and O–H groups in total. The number of nitrogens with zero attached hydrogens (tertiary/aromatic N) is 1. The molecule has 1 heterocycles. The minimum absolute atomic E-state index is 0.0138. The van der Waals surface area contributed by atoms with E-state index in [4.69, 9.17) is 9.47 Å². The standard InChI is InChI=1S/C19H29NO4/c1-4-24-18(21)15(2)19(22)10-12-20(13-11-19)14-17(23-3)16-8-6-5-7-9-16/h5-9,15,17,22H,4,10-14H2,1-3H3. The maximum absolute atomic E-state index is 11.9. The van der Waals surface area contributed by atoms with Crippen LogP contribution in [0, 0.1) is 5.92 Å². The topological polar surface area (TPSA) is 59.0 Å². The number of esters is 1. The van der Waals surface area contributed by atoms with Crippen LogP contribution in [0.3, 0.4) is 0 Å². The van der Waals surface area contributed by atoms with Gasteiger partial charge < -0.3 is 19.5 Å². The molecule has 2 rings (SSSR count). The predicted octanol–water partition coefficient (Wildman–Crippen LogP) is 2.40. The first kappa shape index (κ1) is 18.9. The summed E-state index contributed by atoms with van der Waals surface area (Å²) in [6, 6.07) is 10.2. The van der Waals surface area contributed by atoms with E-state index < -0.39 is 11.5 Å². The molecule has 0 bridgehead atoms. The van der Waals surface area contributed by atoms with Gasteiger partial charge in [-0.25, -0.2) is 0 Å². The van der Waals surface area contributed by atoms with E-state index in [-0.39, 0.29) is 12.1 Å². The molecular formula is C19H29NO4. The minimum atomic E-state index is -0.974. The number of carbonyl (C=O) groups excluding carboxylic acids is 1. The lowest BCUT2D eigenvalue weighted by Gasteiger charge is -2.41. The Morgan fingerprint density at radius 3 is 2.46 bits per heavy atom. The van der Waals surface area contributed by atoms with Crippen molar-refractivity contribution in [3.8, 4) is 0 Å². The Hall–Kier alpha value is -1.43. The molecule has 1 saturated heterocycles. The van der Waals surface area contributed by atoms with Gasteiger partial charge in [-0.2, -0.15) is 0 Å². The molecule has 24 heavy (non-hydrogen) atoms. The molecule has 0 aliphatic carbocycles. The highest BCUT2D eigenvalue weighted by molar-refractivity contribution is 5.73. The van der Waals surface area contributed by atoms with E-state index in [2.05, 4.69) is 17.0 Å². The first-order valence-corrected chi connectivity index (χ1v) is 8.69. The zero-order valence-electron chi connectivity index (χ0n) is 14.9. The van der Waals surface area contributed by atoms with Crippen molar-refractivity contribution in [2.24, 2.45) is 5.92 Å². The van der Waals surface area contributed by atoms with Crippen molar-refractivity contribution in [3.05, 3.63) is 35.9 Å². The van der Waals surface area contributed by atoms with Gasteiger partial charge in [-0.05, 0) is 32.3 Å². The molecule has 134 valence electrons. The van der Waals surface area contributed by atoms with Crippen molar-refractivity contribution in [1.29, 1.82) is 0 Å². The third kappa shape index (κ3) is 4.56. The van der Waals surface area contributed by atoms with Gasteiger partial charge in [-0.15, -0.1) is 0 Å². The Morgan fingerprint density at radius 1 is 1.29 bits per heavy atom. The van der Waals surface area contributed by atoms with E-state index in [1.807, 2.05) is 18.2 Å². The van der Waals surface area contributed by atoms with Gasteiger partial charge in [0.05, 0.1) is 24.2 Å². The van der Waals surface area contributed by atoms with Crippen LogP contribution in [0.2, 0.25) is 0 Å². The molecule has 1 aromatic rings. The maximum Gasteiger partial charge on any atom is 0.311 e. The molecule has 1 aliphatic heterocycles. The Bertz CT molecular complexity index is 511. The highest BCUT2D eigenvalue weighted by Gasteiger charge is 2.41.